The minimum atomic E-state index is -0.381. The molecule has 0 radical (unpaired) electrons. The molecule has 6 nitrogen and oxygen atoms in total. The van der Waals surface area contributed by atoms with Crippen LogP contribution >= 0.6 is 0 Å². The molecule has 1 aliphatic rings. The lowest BCUT2D eigenvalue weighted by Crippen LogP contribution is -2.30. The number of urea groups is 1. The molecule has 1 aliphatic carbocycles. The largest absolute Gasteiger partial charge is 0.359 e. The number of hydroxylamine groups is 2. The third-order valence-electron chi connectivity index (χ3n) is 2.30. The fraction of sp³-hybridized carbons (Fsp3) is 0.556. The third kappa shape index (κ3) is 2.27. The van der Waals surface area contributed by atoms with Crippen LogP contribution in [-0.2, 0) is 4.84 Å². The van der Waals surface area contributed by atoms with E-state index >= 15 is 0 Å². The van der Waals surface area contributed by atoms with Gasteiger partial charge in [0, 0.05) is 19.0 Å². The average molecular weight is 211 g/mol. The molecule has 0 aromatic carbocycles. The van der Waals surface area contributed by atoms with Gasteiger partial charge in [0.2, 0.25) is 0 Å². The lowest BCUT2D eigenvalue weighted by molar-refractivity contribution is -0.0598. The highest BCUT2D eigenvalue weighted by molar-refractivity contribution is 5.87. The SMILES string of the molecule is CON(C)C(=O)Nc1cc(C2CC2)on1. The minimum Gasteiger partial charge on any atom is -0.359 e. The smallest absolute Gasteiger partial charge is 0.346 e. The fourth-order valence-electron chi connectivity index (χ4n) is 1.18. The Morgan fingerprint density at radius 2 is 2.47 bits per heavy atom. The molecule has 0 atom stereocenters. The molecular formula is C9H13N3O3. The molecule has 0 spiro atoms. The quantitative estimate of drug-likeness (QED) is 0.770. The number of carbonyl (C=O) groups excluding carboxylic acids is 1. The first kappa shape index (κ1) is 9.97. The molecule has 2 amide bonds. The van der Waals surface area contributed by atoms with Gasteiger partial charge in [-0.05, 0) is 12.8 Å². The maximum atomic E-state index is 11.3. The van der Waals surface area contributed by atoms with E-state index in [4.69, 9.17) is 9.36 Å². The van der Waals surface area contributed by atoms with Crippen LogP contribution in [-0.4, -0.2) is 30.4 Å². The molecule has 2 rings (SSSR count). The number of carbonyl (C=O) groups is 1. The number of hydrogen-bond acceptors (Lipinski definition) is 4. The van der Waals surface area contributed by atoms with E-state index in [9.17, 15) is 4.79 Å². The van der Waals surface area contributed by atoms with Crippen LogP contribution in [0.2, 0.25) is 0 Å². The van der Waals surface area contributed by atoms with Gasteiger partial charge < -0.3 is 4.52 Å². The van der Waals surface area contributed by atoms with Crippen LogP contribution < -0.4 is 5.32 Å². The van der Waals surface area contributed by atoms with Gasteiger partial charge in [-0.3, -0.25) is 10.2 Å². The second kappa shape index (κ2) is 3.90. The first-order valence-electron chi connectivity index (χ1n) is 4.76. The third-order valence-corrected chi connectivity index (χ3v) is 2.30. The molecule has 0 aliphatic heterocycles. The second-order valence-electron chi connectivity index (χ2n) is 3.50. The summed E-state index contributed by atoms with van der Waals surface area (Å²) in [4.78, 5) is 16.1. The van der Waals surface area contributed by atoms with Gasteiger partial charge in [-0.2, -0.15) is 0 Å². The van der Waals surface area contributed by atoms with Gasteiger partial charge in [0.05, 0.1) is 7.11 Å². The normalized spacial score (nSPS) is 15.1. The molecule has 1 saturated carbocycles. The van der Waals surface area contributed by atoms with E-state index in [2.05, 4.69) is 10.5 Å². The Hall–Kier alpha value is -1.56. The number of anilines is 1. The molecule has 0 saturated heterocycles. The predicted molar refractivity (Wildman–Crippen MR) is 52.3 cm³/mol. The number of aromatic nitrogens is 1. The number of nitrogens with zero attached hydrogens (tertiary/aromatic N) is 2. The fourth-order valence-corrected chi connectivity index (χ4v) is 1.18. The van der Waals surface area contributed by atoms with Crippen LogP contribution in [0.25, 0.3) is 0 Å². The number of hydrogen-bond donors (Lipinski definition) is 1. The molecule has 1 aromatic heterocycles. The van der Waals surface area contributed by atoms with Crippen molar-refractivity contribution in [3.8, 4) is 0 Å². The molecule has 1 N–H and O–H groups in total. The van der Waals surface area contributed by atoms with Crippen molar-refractivity contribution in [2.45, 2.75) is 18.8 Å². The second-order valence-corrected chi connectivity index (χ2v) is 3.50. The summed E-state index contributed by atoms with van der Waals surface area (Å²) < 4.78 is 5.08. The van der Waals surface area contributed by atoms with Crippen molar-refractivity contribution in [1.82, 2.24) is 10.2 Å². The summed E-state index contributed by atoms with van der Waals surface area (Å²) in [6.45, 7) is 0. The zero-order chi connectivity index (χ0) is 10.8. The summed E-state index contributed by atoms with van der Waals surface area (Å²) in [7, 11) is 2.93. The van der Waals surface area contributed by atoms with Gasteiger partial charge in [0.15, 0.2) is 5.82 Å². The highest BCUT2D eigenvalue weighted by Crippen LogP contribution is 2.40. The van der Waals surface area contributed by atoms with Crippen molar-refractivity contribution in [1.29, 1.82) is 0 Å². The van der Waals surface area contributed by atoms with Crippen LogP contribution in [0.15, 0.2) is 10.6 Å². The average Bonchev–Trinajstić information content (AvgIpc) is 2.99. The molecular weight excluding hydrogens is 198 g/mol. The lowest BCUT2D eigenvalue weighted by Gasteiger charge is -2.12. The van der Waals surface area contributed by atoms with E-state index in [0.717, 1.165) is 23.7 Å². The van der Waals surface area contributed by atoms with Crippen LogP contribution in [0.5, 0.6) is 0 Å². The van der Waals surface area contributed by atoms with Crippen LogP contribution in [0.3, 0.4) is 0 Å². The molecule has 0 unspecified atom stereocenters. The van der Waals surface area contributed by atoms with E-state index in [1.165, 1.54) is 14.2 Å². The Bertz CT molecular complexity index is 359. The van der Waals surface area contributed by atoms with Gasteiger partial charge >= 0.3 is 6.03 Å². The maximum absolute atomic E-state index is 11.3. The Balaban J connectivity index is 1.95. The van der Waals surface area contributed by atoms with Crippen molar-refractivity contribution in [3.05, 3.63) is 11.8 Å². The Labute approximate surface area is 87.1 Å². The Morgan fingerprint density at radius 1 is 1.73 bits per heavy atom. The van der Waals surface area contributed by atoms with Gasteiger partial charge in [-0.25, -0.2) is 9.86 Å². The van der Waals surface area contributed by atoms with E-state index < -0.39 is 0 Å². The summed E-state index contributed by atoms with van der Waals surface area (Å²) in [6, 6.07) is 1.37. The topological polar surface area (TPSA) is 67.6 Å². The highest BCUT2D eigenvalue weighted by atomic mass is 16.7. The predicted octanol–water partition coefficient (Wildman–Crippen LogP) is 1.58. The van der Waals surface area contributed by atoms with Crippen molar-refractivity contribution in [2.24, 2.45) is 0 Å². The first-order valence-corrected chi connectivity index (χ1v) is 4.76. The van der Waals surface area contributed by atoms with E-state index in [1.54, 1.807) is 6.07 Å². The number of rotatable bonds is 3. The summed E-state index contributed by atoms with van der Waals surface area (Å²) in [6.07, 6.45) is 2.28. The molecule has 15 heavy (non-hydrogen) atoms. The summed E-state index contributed by atoms with van der Waals surface area (Å²) >= 11 is 0. The lowest BCUT2D eigenvalue weighted by atomic mass is 10.3. The van der Waals surface area contributed by atoms with Crippen LogP contribution in [0.4, 0.5) is 10.6 Å². The Kier molecular flexibility index (Phi) is 2.59. The minimum absolute atomic E-state index is 0.381. The standard InChI is InChI=1S/C9H13N3O3/c1-12(14-2)9(13)10-8-5-7(15-11-8)6-3-4-6/h5-6H,3-4H2,1-2H3,(H,10,11,13). The van der Waals surface area contributed by atoms with E-state index in [-0.39, 0.29) is 6.03 Å². The van der Waals surface area contributed by atoms with Crippen LogP contribution in [0.1, 0.15) is 24.5 Å². The zero-order valence-corrected chi connectivity index (χ0v) is 8.69. The van der Waals surface area contributed by atoms with Crippen molar-refractivity contribution >= 4 is 11.8 Å². The molecule has 1 aromatic rings. The van der Waals surface area contributed by atoms with Crippen molar-refractivity contribution in [3.63, 3.8) is 0 Å². The highest BCUT2D eigenvalue weighted by Gasteiger charge is 2.28. The maximum Gasteiger partial charge on any atom is 0.346 e. The summed E-state index contributed by atoms with van der Waals surface area (Å²) in [5, 5.41) is 7.37. The summed E-state index contributed by atoms with van der Waals surface area (Å²) in [5.74, 6) is 1.75. The van der Waals surface area contributed by atoms with Gasteiger partial charge in [-0.15, -0.1) is 0 Å². The van der Waals surface area contributed by atoms with Crippen LogP contribution in [0, 0.1) is 0 Å². The van der Waals surface area contributed by atoms with Crippen molar-refractivity contribution in [2.75, 3.05) is 19.5 Å². The molecule has 1 heterocycles. The first-order chi connectivity index (χ1) is 7.20. The van der Waals surface area contributed by atoms with Crippen molar-refractivity contribution < 1.29 is 14.2 Å². The number of nitrogens with one attached hydrogen (secondary N) is 1. The molecule has 6 heteroatoms. The number of amides is 2. The van der Waals surface area contributed by atoms with Gasteiger partial charge in [-0.1, -0.05) is 5.16 Å². The van der Waals surface area contributed by atoms with Gasteiger partial charge in [0.25, 0.3) is 0 Å². The monoisotopic (exact) mass is 211 g/mol. The molecule has 0 bridgehead atoms. The van der Waals surface area contributed by atoms with E-state index in [1.807, 2.05) is 0 Å². The molecule has 1 fully saturated rings. The summed E-state index contributed by atoms with van der Waals surface area (Å²) in [5.41, 5.74) is 0. The van der Waals surface area contributed by atoms with E-state index in [0.29, 0.717) is 11.7 Å². The van der Waals surface area contributed by atoms with Gasteiger partial charge in [0.1, 0.15) is 5.76 Å². The zero-order valence-electron chi connectivity index (χ0n) is 8.69. The molecule has 82 valence electrons. The Morgan fingerprint density at radius 3 is 3.07 bits per heavy atom.